The van der Waals surface area contributed by atoms with Crippen molar-refractivity contribution in [3.8, 4) is 5.75 Å². The van der Waals surface area contributed by atoms with Gasteiger partial charge in [0.1, 0.15) is 18.6 Å². The molecule has 1 aromatic carbocycles. The Bertz CT molecular complexity index is 397. The second-order valence-corrected chi connectivity index (χ2v) is 5.52. The summed E-state index contributed by atoms with van der Waals surface area (Å²) >= 11 is 0. The third-order valence-electron chi connectivity index (χ3n) is 3.19. The second-order valence-electron chi connectivity index (χ2n) is 5.52. The van der Waals surface area contributed by atoms with Gasteiger partial charge in [0, 0.05) is 6.54 Å². The summed E-state index contributed by atoms with van der Waals surface area (Å²) in [5.74, 6) is 1.38. The number of hydrogen-bond donors (Lipinski definition) is 0. The third-order valence-corrected chi connectivity index (χ3v) is 3.19. The van der Waals surface area contributed by atoms with Gasteiger partial charge in [-0.15, -0.1) is 5.92 Å². The Morgan fingerprint density at radius 1 is 1.29 bits per heavy atom. The molecule has 2 atom stereocenters. The first-order chi connectivity index (χ1) is 9.63. The van der Waals surface area contributed by atoms with E-state index in [2.05, 4.69) is 11.8 Å². The van der Waals surface area contributed by atoms with Crippen molar-refractivity contribution in [2.24, 2.45) is 5.92 Å². The van der Waals surface area contributed by atoms with Crippen LogP contribution in [0, 0.1) is 12.5 Å². The Balaban J connectivity index is 0.00000220. The van der Waals surface area contributed by atoms with Gasteiger partial charge in [-0.1, -0.05) is 19.1 Å². The predicted octanol–water partition coefficient (Wildman–Crippen LogP) is -0.308. The van der Waals surface area contributed by atoms with Crippen molar-refractivity contribution in [2.75, 3.05) is 27.2 Å². The fourth-order valence-electron chi connectivity index (χ4n) is 1.96. The molecule has 112 valence electrons. The van der Waals surface area contributed by atoms with Crippen LogP contribution in [0.25, 0.3) is 0 Å². The van der Waals surface area contributed by atoms with Gasteiger partial charge in [-0.3, -0.25) is 0 Å². The Labute approximate surface area is 186 Å². The molecule has 1 aliphatic heterocycles. The fourth-order valence-corrected chi connectivity index (χ4v) is 1.96. The minimum absolute atomic E-state index is 0. The molecule has 4 nitrogen and oxygen atoms in total. The number of nitrogens with zero attached hydrogens (tertiary/aromatic N) is 1. The van der Waals surface area contributed by atoms with Crippen LogP contribution >= 0.6 is 0 Å². The summed E-state index contributed by atoms with van der Waals surface area (Å²) < 4.78 is 16.8. The fraction of sp³-hybridized carbons (Fsp3) is 0.562. The van der Waals surface area contributed by atoms with Crippen molar-refractivity contribution >= 4 is 0 Å². The van der Waals surface area contributed by atoms with Crippen molar-refractivity contribution in [3.63, 3.8) is 0 Å². The molecule has 0 spiro atoms. The zero-order chi connectivity index (χ0) is 14.4. The van der Waals surface area contributed by atoms with Gasteiger partial charge in [0.15, 0.2) is 0 Å². The first-order valence-electron chi connectivity index (χ1n) is 7.10. The molecular weight excluding hydrogens is 387 g/mol. The normalized spacial score (nSPS) is 21.3. The maximum Gasteiger partial charge on any atom is 1.00 e. The average Bonchev–Trinajstić information content (AvgIpc) is 2.83. The van der Waals surface area contributed by atoms with Crippen molar-refractivity contribution < 1.29 is 83.1 Å². The Hall–Kier alpha value is 0.952. The van der Waals surface area contributed by atoms with Crippen LogP contribution < -0.4 is 73.6 Å². The molecule has 0 bridgehead atoms. The van der Waals surface area contributed by atoms with Gasteiger partial charge in [0.2, 0.25) is 0 Å². The van der Waals surface area contributed by atoms with Gasteiger partial charge in [-0.2, -0.15) is 0 Å². The van der Waals surface area contributed by atoms with Gasteiger partial charge in [-0.05, 0) is 38.2 Å². The molecule has 5 heteroatoms. The molecule has 1 heterocycles. The monoisotopic (exact) mass is 411 g/mol. The largest absolute Gasteiger partial charge is 1.00 e. The molecule has 0 radical (unpaired) electrons. The van der Waals surface area contributed by atoms with E-state index < -0.39 is 0 Å². The SMILES string of the molecule is C[C@H]1[CH-]OC(OCc2ccc(OCCN(C)C)cc2)C1.[Cs+]. The van der Waals surface area contributed by atoms with Crippen LogP contribution in [0.5, 0.6) is 5.75 Å². The quantitative estimate of drug-likeness (QED) is 0.577. The van der Waals surface area contributed by atoms with Gasteiger partial charge in [-0.25, -0.2) is 6.61 Å². The van der Waals surface area contributed by atoms with E-state index in [0.29, 0.717) is 19.1 Å². The summed E-state index contributed by atoms with van der Waals surface area (Å²) in [6.45, 7) is 6.17. The molecule has 1 unspecified atom stereocenters. The Kier molecular flexibility index (Phi) is 10.2. The van der Waals surface area contributed by atoms with Crippen LogP contribution in [-0.4, -0.2) is 38.4 Å². The Morgan fingerprint density at radius 2 is 2.00 bits per heavy atom. The van der Waals surface area contributed by atoms with E-state index in [0.717, 1.165) is 24.3 Å². The van der Waals surface area contributed by atoms with Crippen LogP contribution in [0.4, 0.5) is 0 Å². The third kappa shape index (κ3) is 7.86. The molecule has 0 aliphatic carbocycles. The summed E-state index contributed by atoms with van der Waals surface area (Å²) in [6, 6.07) is 8.04. The molecule has 0 aromatic heterocycles. The van der Waals surface area contributed by atoms with Crippen molar-refractivity contribution in [1.82, 2.24) is 4.90 Å². The zero-order valence-corrected chi connectivity index (χ0v) is 19.8. The van der Waals surface area contributed by atoms with E-state index in [9.17, 15) is 0 Å². The van der Waals surface area contributed by atoms with E-state index >= 15 is 0 Å². The number of benzene rings is 1. The molecule has 21 heavy (non-hydrogen) atoms. The first kappa shape index (κ1) is 20.0. The van der Waals surface area contributed by atoms with Gasteiger partial charge < -0.3 is 19.1 Å². The van der Waals surface area contributed by atoms with E-state index in [4.69, 9.17) is 14.2 Å². The van der Waals surface area contributed by atoms with Crippen molar-refractivity contribution in [3.05, 3.63) is 36.4 Å². The molecular formula is C16H24CsNO3. The molecule has 2 rings (SSSR count). The smallest absolute Gasteiger partial charge is 0.529 e. The van der Waals surface area contributed by atoms with Gasteiger partial charge >= 0.3 is 68.9 Å². The van der Waals surface area contributed by atoms with Crippen LogP contribution in [0.15, 0.2) is 24.3 Å². The minimum atomic E-state index is -0.0963. The standard InChI is InChI=1S/C16H24NO3.Cs/c1-13-10-16(19-11-13)20-12-14-4-6-15(7-5-14)18-9-8-17(2)3;/h4-7,11,13,16H,8-10,12H2,1-3H3;/q-1;+1/t13-,16?;/m1./s1. The van der Waals surface area contributed by atoms with Gasteiger partial charge in [0.25, 0.3) is 0 Å². The van der Waals surface area contributed by atoms with Crippen LogP contribution in [0.2, 0.25) is 0 Å². The molecule has 1 fully saturated rings. The van der Waals surface area contributed by atoms with Crippen LogP contribution in [-0.2, 0) is 16.1 Å². The number of rotatable bonds is 7. The van der Waals surface area contributed by atoms with E-state index in [-0.39, 0.29) is 75.2 Å². The Morgan fingerprint density at radius 3 is 2.57 bits per heavy atom. The van der Waals surface area contributed by atoms with Crippen LogP contribution in [0.1, 0.15) is 18.9 Å². The summed E-state index contributed by atoms with van der Waals surface area (Å²) in [5.41, 5.74) is 1.13. The summed E-state index contributed by atoms with van der Waals surface area (Å²) in [7, 11) is 4.07. The zero-order valence-electron chi connectivity index (χ0n) is 13.5. The summed E-state index contributed by atoms with van der Waals surface area (Å²) in [6.07, 6.45) is 0.840. The molecule has 0 amide bonds. The maximum absolute atomic E-state index is 5.71. The van der Waals surface area contributed by atoms with E-state index in [1.165, 1.54) is 0 Å². The molecule has 1 aliphatic rings. The van der Waals surface area contributed by atoms with Crippen molar-refractivity contribution in [2.45, 2.75) is 26.2 Å². The molecule has 1 saturated heterocycles. The summed E-state index contributed by atoms with van der Waals surface area (Å²) in [5, 5.41) is 0. The molecule has 1 aromatic rings. The molecule has 0 N–H and O–H groups in total. The van der Waals surface area contributed by atoms with Crippen LogP contribution in [0.3, 0.4) is 0 Å². The second kappa shape index (κ2) is 10.7. The van der Waals surface area contributed by atoms with Gasteiger partial charge in [0.05, 0.1) is 6.61 Å². The predicted molar refractivity (Wildman–Crippen MR) is 78.2 cm³/mol. The topological polar surface area (TPSA) is 30.9 Å². The van der Waals surface area contributed by atoms with E-state index in [1.54, 1.807) is 0 Å². The average molecular weight is 411 g/mol. The number of hydrogen-bond acceptors (Lipinski definition) is 4. The molecule has 0 saturated carbocycles. The number of likely N-dealkylation sites (N-methyl/N-ethyl adjacent to an activating group) is 1. The first-order valence-corrected chi connectivity index (χ1v) is 7.10. The van der Waals surface area contributed by atoms with E-state index in [1.807, 2.05) is 45.0 Å². The van der Waals surface area contributed by atoms with Crippen molar-refractivity contribution in [1.29, 1.82) is 0 Å². The maximum atomic E-state index is 5.71. The summed E-state index contributed by atoms with van der Waals surface area (Å²) in [4.78, 5) is 2.10. The minimum Gasteiger partial charge on any atom is -0.529 e. The number of ether oxygens (including phenoxy) is 3.